The van der Waals surface area contributed by atoms with E-state index >= 15 is 0 Å². The Morgan fingerprint density at radius 2 is 1.96 bits per heavy atom. The summed E-state index contributed by atoms with van der Waals surface area (Å²) in [7, 11) is 0. The highest BCUT2D eigenvalue weighted by Crippen LogP contribution is 2.30. The molecule has 3 heterocycles. The molecule has 0 radical (unpaired) electrons. The predicted octanol–water partition coefficient (Wildman–Crippen LogP) is 3.26. The van der Waals surface area contributed by atoms with E-state index in [9.17, 15) is 9.59 Å². The van der Waals surface area contributed by atoms with Gasteiger partial charge < -0.3 is 15.1 Å². The van der Waals surface area contributed by atoms with Crippen molar-refractivity contribution in [1.82, 2.24) is 10.6 Å². The van der Waals surface area contributed by atoms with Crippen molar-refractivity contribution in [3.8, 4) is 0 Å². The lowest BCUT2D eigenvalue weighted by atomic mass is 9.95. The van der Waals surface area contributed by atoms with Gasteiger partial charge in [0.1, 0.15) is 0 Å². The third-order valence-electron chi connectivity index (χ3n) is 4.88. The smallest absolute Gasteiger partial charge is 0.251 e. The Morgan fingerprint density at radius 1 is 1.16 bits per heavy atom. The van der Waals surface area contributed by atoms with Gasteiger partial charge in [-0.05, 0) is 55.7 Å². The zero-order valence-corrected chi connectivity index (χ0v) is 14.8. The van der Waals surface area contributed by atoms with Crippen molar-refractivity contribution in [2.75, 3.05) is 0 Å². The van der Waals surface area contributed by atoms with Crippen LogP contribution in [0.3, 0.4) is 0 Å². The van der Waals surface area contributed by atoms with Crippen molar-refractivity contribution < 1.29 is 14.0 Å². The normalized spacial score (nSPS) is 24.4. The van der Waals surface area contributed by atoms with E-state index in [0.717, 1.165) is 17.7 Å². The average Bonchev–Trinajstić information content (AvgIpc) is 3.32. The maximum absolute atomic E-state index is 12.4. The molecule has 6 heteroatoms. The van der Waals surface area contributed by atoms with Crippen molar-refractivity contribution >= 4 is 23.5 Å². The van der Waals surface area contributed by atoms with Gasteiger partial charge in [-0.15, -0.1) is 0 Å². The first-order chi connectivity index (χ1) is 12.1. The van der Waals surface area contributed by atoms with Gasteiger partial charge in [0, 0.05) is 35.5 Å². The Hall–Kier alpha value is -2.05. The van der Waals surface area contributed by atoms with Crippen LogP contribution in [0.25, 0.3) is 0 Å². The summed E-state index contributed by atoms with van der Waals surface area (Å²) in [6.45, 7) is 1.48. The van der Waals surface area contributed by atoms with Gasteiger partial charge in [0.2, 0.25) is 0 Å². The second-order valence-corrected chi connectivity index (χ2v) is 7.74. The molecule has 2 N–H and O–H groups in total. The summed E-state index contributed by atoms with van der Waals surface area (Å²) in [4.78, 5) is 24.7. The maximum Gasteiger partial charge on any atom is 0.251 e. The highest BCUT2D eigenvalue weighted by molar-refractivity contribution is 7.99. The van der Waals surface area contributed by atoms with Gasteiger partial charge in [-0.1, -0.05) is 11.8 Å². The van der Waals surface area contributed by atoms with Crippen LogP contribution in [0.2, 0.25) is 0 Å². The van der Waals surface area contributed by atoms with E-state index in [0.29, 0.717) is 28.5 Å². The van der Waals surface area contributed by atoms with Gasteiger partial charge >= 0.3 is 0 Å². The Morgan fingerprint density at radius 3 is 2.56 bits per heavy atom. The molecule has 1 aromatic heterocycles. The van der Waals surface area contributed by atoms with Crippen LogP contribution >= 0.6 is 11.8 Å². The van der Waals surface area contributed by atoms with Crippen LogP contribution in [0.1, 0.15) is 47.1 Å². The van der Waals surface area contributed by atoms with Gasteiger partial charge in [-0.3, -0.25) is 9.59 Å². The van der Waals surface area contributed by atoms with E-state index in [-0.39, 0.29) is 17.7 Å². The number of benzene rings is 1. The minimum Gasteiger partial charge on any atom is -0.446 e. The number of carbonyl (C=O) groups is 2. The Kier molecular flexibility index (Phi) is 4.39. The number of fused-ring (bicyclic) bond motifs is 2. The van der Waals surface area contributed by atoms with Crippen LogP contribution in [0.4, 0.5) is 0 Å². The Balaban J connectivity index is 1.37. The number of carbonyl (C=O) groups excluding carboxylic acids is 2. The SMILES string of the molecule is CC(=O)c1ccc(Sc2ccc(C(=O)NC3CC4CCC3N4)cc2)o1. The van der Waals surface area contributed by atoms with Gasteiger partial charge in [-0.2, -0.15) is 0 Å². The summed E-state index contributed by atoms with van der Waals surface area (Å²) in [5, 5.41) is 7.34. The molecule has 2 aliphatic rings. The van der Waals surface area contributed by atoms with E-state index in [2.05, 4.69) is 10.6 Å². The molecule has 0 saturated carbocycles. The second-order valence-electron chi connectivity index (χ2n) is 6.66. The quantitative estimate of drug-likeness (QED) is 0.805. The van der Waals surface area contributed by atoms with E-state index in [1.165, 1.54) is 25.1 Å². The third-order valence-corrected chi connectivity index (χ3v) is 5.81. The maximum atomic E-state index is 12.4. The monoisotopic (exact) mass is 356 g/mol. The summed E-state index contributed by atoms with van der Waals surface area (Å²) in [6.07, 6.45) is 3.40. The largest absolute Gasteiger partial charge is 0.446 e. The minimum atomic E-state index is -0.0889. The summed E-state index contributed by atoms with van der Waals surface area (Å²) in [5.41, 5.74) is 0.663. The number of rotatable bonds is 5. The van der Waals surface area contributed by atoms with Crippen molar-refractivity contribution in [2.45, 2.75) is 54.3 Å². The zero-order valence-electron chi connectivity index (χ0n) is 14.0. The van der Waals surface area contributed by atoms with Crippen molar-refractivity contribution in [3.05, 3.63) is 47.7 Å². The molecule has 3 unspecified atom stereocenters. The fraction of sp³-hybridized carbons (Fsp3) is 0.368. The van der Waals surface area contributed by atoms with Crippen LogP contribution in [-0.4, -0.2) is 29.8 Å². The van der Waals surface area contributed by atoms with Crippen molar-refractivity contribution in [2.24, 2.45) is 0 Å². The Bertz CT molecular complexity index is 799. The summed E-state index contributed by atoms with van der Waals surface area (Å²) >= 11 is 1.43. The summed E-state index contributed by atoms with van der Waals surface area (Å²) in [6, 6.07) is 12.2. The highest BCUT2D eigenvalue weighted by atomic mass is 32.2. The molecule has 3 atom stereocenters. The zero-order chi connectivity index (χ0) is 17.4. The molecule has 0 aliphatic carbocycles. The minimum absolute atomic E-state index is 0.0206. The van der Waals surface area contributed by atoms with E-state index in [1.807, 2.05) is 24.3 Å². The van der Waals surface area contributed by atoms with Crippen molar-refractivity contribution in [3.63, 3.8) is 0 Å². The molecule has 1 aromatic carbocycles. The van der Waals surface area contributed by atoms with Crippen LogP contribution < -0.4 is 10.6 Å². The molecular weight excluding hydrogens is 336 g/mol. The standard InChI is InChI=1S/C19H20N2O3S/c1-11(22)17-8-9-18(24-17)25-14-5-2-12(3-6-14)19(23)21-16-10-13-4-7-15(16)20-13/h2-3,5-6,8-9,13,15-16,20H,4,7,10H2,1H3,(H,21,23). The molecule has 5 nitrogen and oxygen atoms in total. The molecule has 25 heavy (non-hydrogen) atoms. The number of Topliss-reactive ketones (excluding diaryl/α,β-unsaturated/α-hetero) is 1. The van der Waals surface area contributed by atoms with E-state index in [4.69, 9.17) is 4.42 Å². The molecule has 2 aromatic rings. The molecule has 130 valence electrons. The fourth-order valence-corrected chi connectivity index (χ4v) is 4.36. The van der Waals surface area contributed by atoms with Crippen LogP contribution in [0.15, 0.2) is 50.8 Å². The number of hydrogen-bond acceptors (Lipinski definition) is 5. The number of hydrogen-bond donors (Lipinski definition) is 2. The van der Waals surface area contributed by atoms with Crippen LogP contribution in [-0.2, 0) is 0 Å². The lowest BCUT2D eigenvalue weighted by Gasteiger charge is -2.21. The number of ketones is 1. The summed E-state index contributed by atoms with van der Waals surface area (Å²) < 4.78 is 5.47. The van der Waals surface area contributed by atoms with E-state index < -0.39 is 0 Å². The highest BCUT2D eigenvalue weighted by Gasteiger charge is 2.39. The first kappa shape index (κ1) is 16.4. The van der Waals surface area contributed by atoms with Gasteiger partial charge in [0.05, 0.1) is 0 Å². The number of amides is 1. The lowest BCUT2D eigenvalue weighted by Crippen LogP contribution is -2.42. The molecular formula is C19H20N2O3S. The molecule has 1 amide bonds. The van der Waals surface area contributed by atoms with Crippen molar-refractivity contribution in [1.29, 1.82) is 0 Å². The van der Waals surface area contributed by atoms with Gasteiger partial charge in [0.15, 0.2) is 16.6 Å². The topological polar surface area (TPSA) is 71.3 Å². The molecule has 2 aliphatic heterocycles. The van der Waals surface area contributed by atoms with Crippen LogP contribution in [0.5, 0.6) is 0 Å². The number of nitrogens with one attached hydrogen (secondary N) is 2. The molecule has 0 spiro atoms. The lowest BCUT2D eigenvalue weighted by molar-refractivity contribution is 0.0929. The average molecular weight is 356 g/mol. The van der Waals surface area contributed by atoms with Gasteiger partial charge in [-0.25, -0.2) is 0 Å². The molecule has 2 fully saturated rings. The first-order valence-electron chi connectivity index (χ1n) is 8.54. The summed E-state index contributed by atoms with van der Waals surface area (Å²) in [5.74, 6) is 0.250. The van der Waals surface area contributed by atoms with E-state index in [1.54, 1.807) is 12.1 Å². The van der Waals surface area contributed by atoms with Gasteiger partial charge in [0.25, 0.3) is 5.91 Å². The third kappa shape index (κ3) is 3.50. The Labute approximate surface area is 150 Å². The van der Waals surface area contributed by atoms with Crippen LogP contribution in [0, 0.1) is 0 Å². The molecule has 2 bridgehead atoms. The number of furan rings is 1. The first-order valence-corrected chi connectivity index (χ1v) is 9.36. The predicted molar refractivity (Wildman–Crippen MR) is 95.1 cm³/mol. The molecule has 4 rings (SSSR count). The molecule has 2 saturated heterocycles. The fourth-order valence-electron chi connectivity index (χ4n) is 3.59. The second kappa shape index (κ2) is 6.69.